The molecule has 3 aromatic rings. The number of anilines is 2. The molecule has 0 radical (unpaired) electrons. The van der Waals surface area contributed by atoms with E-state index in [1.807, 2.05) is 78.9 Å². The molecule has 1 unspecified atom stereocenters. The van der Waals surface area contributed by atoms with Crippen LogP contribution < -0.4 is 9.64 Å². The number of hydrogen-bond donors (Lipinski definition) is 0. The van der Waals surface area contributed by atoms with Gasteiger partial charge in [0.15, 0.2) is 0 Å². The summed E-state index contributed by atoms with van der Waals surface area (Å²) in [6.45, 7) is 1.18. The van der Waals surface area contributed by atoms with Gasteiger partial charge in [0, 0.05) is 11.4 Å². The van der Waals surface area contributed by atoms with Crippen molar-refractivity contribution in [3.05, 3.63) is 90.5 Å². The Morgan fingerprint density at radius 3 is 2.00 bits per heavy atom. The Kier molecular flexibility index (Phi) is 4.67. The molecular formula is C22H19NO3. The fourth-order valence-electron chi connectivity index (χ4n) is 2.77. The molecule has 1 fully saturated rings. The van der Waals surface area contributed by atoms with E-state index in [1.54, 1.807) is 11.0 Å². The molecule has 0 spiro atoms. The second kappa shape index (κ2) is 7.42. The van der Waals surface area contributed by atoms with E-state index >= 15 is 0 Å². The van der Waals surface area contributed by atoms with Crippen LogP contribution in [0.1, 0.15) is 10.4 Å². The summed E-state index contributed by atoms with van der Waals surface area (Å²) < 4.78 is 11.0. The van der Waals surface area contributed by atoms with Crippen molar-refractivity contribution in [1.82, 2.24) is 0 Å². The maximum Gasteiger partial charge on any atom is 0.266 e. The number of amides is 1. The first-order valence-electron chi connectivity index (χ1n) is 8.61. The second-order valence-electron chi connectivity index (χ2n) is 6.07. The highest BCUT2D eigenvalue weighted by molar-refractivity contribution is 6.12. The van der Waals surface area contributed by atoms with Crippen LogP contribution in [-0.2, 0) is 4.74 Å². The minimum atomic E-state index is -0.130. The van der Waals surface area contributed by atoms with Gasteiger partial charge in [-0.15, -0.1) is 0 Å². The topological polar surface area (TPSA) is 42.1 Å². The average Bonchev–Trinajstić information content (AvgIpc) is 3.53. The Balaban J connectivity index is 1.71. The number of para-hydroxylation sites is 3. The van der Waals surface area contributed by atoms with Gasteiger partial charge < -0.3 is 9.47 Å². The number of hydrogen-bond acceptors (Lipinski definition) is 3. The number of benzene rings is 3. The van der Waals surface area contributed by atoms with Gasteiger partial charge in [0.2, 0.25) is 0 Å². The summed E-state index contributed by atoms with van der Waals surface area (Å²) in [6.07, 6.45) is 0.137. The number of rotatable bonds is 6. The van der Waals surface area contributed by atoms with Crippen LogP contribution in [0, 0.1) is 0 Å². The summed E-state index contributed by atoms with van der Waals surface area (Å²) in [4.78, 5) is 15.1. The molecule has 1 aliphatic heterocycles. The smallest absolute Gasteiger partial charge is 0.266 e. The lowest BCUT2D eigenvalue weighted by Gasteiger charge is -2.24. The van der Waals surface area contributed by atoms with Crippen molar-refractivity contribution in [2.24, 2.45) is 0 Å². The van der Waals surface area contributed by atoms with E-state index in [0.717, 1.165) is 18.0 Å². The molecule has 4 heteroatoms. The van der Waals surface area contributed by atoms with Crippen LogP contribution in [0.5, 0.6) is 5.75 Å². The highest BCUT2D eigenvalue weighted by Gasteiger charge is 2.26. The maximum absolute atomic E-state index is 13.4. The number of carbonyl (C=O) groups excluding carboxylic acids is 1. The zero-order valence-electron chi connectivity index (χ0n) is 14.2. The molecule has 3 aromatic carbocycles. The molecule has 1 aliphatic rings. The summed E-state index contributed by atoms with van der Waals surface area (Å²) in [6, 6.07) is 26.6. The first-order valence-corrected chi connectivity index (χ1v) is 8.61. The third-order valence-corrected chi connectivity index (χ3v) is 4.18. The van der Waals surface area contributed by atoms with E-state index in [-0.39, 0.29) is 12.0 Å². The van der Waals surface area contributed by atoms with Crippen molar-refractivity contribution >= 4 is 17.3 Å². The number of carbonyl (C=O) groups is 1. The van der Waals surface area contributed by atoms with Crippen molar-refractivity contribution in [1.29, 1.82) is 0 Å². The third kappa shape index (κ3) is 3.60. The largest absolute Gasteiger partial charge is 0.490 e. The lowest BCUT2D eigenvalue weighted by atomic mass is 10.1. The van der Waals surface area contributed by atoms with Gasteiger partial charge in [-0.2, -0.15) is 0 Å². The van der Waals surface area contributed by atoms with Crippen LogP contribution in [0.2, 0.25) is 0 Å². The summed E-state index contributed by atoms with van der Waals surface area (Å²) in [5.74, 6) is 0.444. The van der Waals surface area contributed by atoms with Crippen molar-refractivity contribution < 1.29 is 14.3 Å². The molecule has 1 atom stereocenters. The molecule has 0 bridgehead atoms. The van der Waals surface area contributed by atoms with Gasteiger partial charge >= 0.3 is 0 Å². The predicted molar refractivity (Wildman–Crippen MR) is 101 cm³/mol. The average molecular weight is 345 g/mol. The number of ether oxygens (including phenoxy) is 2. The quantitative estimate of drug-likeness (QED) is 0.620. The summed E-state index contributed by atoms with van der Waals surface area (Å²) in [7, 11) is 0. The fraction of sp³-hybridized carbons (Fsp3) is 0.136. The first-order chi connectivity index (χ1) is 12.8. The Morgan fingerprint density at radius 1 is 0.885 bits per heavy atom. The maximum atomic E-state index is 13.4. The first kappa shape index (κ1) is 16.4. The highest BCUT2D eigenvalue weighted by atomic mass is 16.6. The van der Waals surface area contributed by atoms with E-state index in [4.69, 9.17) is 9.47 Å². The Morgan fingerprint density at radius 2 is 1.42 bits per heavy atom. The molecule has 0 aliphatic carbocycles. The minimum absolute atomic E-state index is 0.130. The van der Waals surface area contributed by atoms with E-state index in [1.165, 1.54) is 0 Å². The third-order valence-electron chi connectivity index (χ3n) is 4.18. The van der Waals surface area contributed by atoms with Gasteiger partial charge in [-0.1, -0.05) is 48.5 Å². The molecule has 26 heavy (non-hydrogen) atoms. The zero-order valence-corrected chi connectivity index (χ0v) is 14.2. The monoisotopic (exact) mass is 345 g/mol. The van der Waals surface area contributed by atoms with Crippen LogP contribution in [0.15, 0.2) is 84.9 Å². The molecule has 1 heterocycles. The molecule has 4 nitrogen and oxygen atoms in total. The number of nitrogens with zero attached hydrogens (tertiary/aromatic N) is 1. The molecule has 4 rings (SSSR count). The normalized spacial score (nSPS) is 15.3. The van der Waals surface area contributed by atoms with Gasteiger partial charge in [-0.25, -0.2) is 0 Å². The van der Waals surface area contributed by atoms with Crippen LogP contribution >= 0.6 is 0 Å². The zero-order chi connectivity index (χ0) is 17.8. The van der Waals surface area contributed by atoms with Crippen molar-refractivity contribution in [2.45, 2.75) is 6.10 Å². The standard InChI is InChI=1S/C22H19NO3/c24-22(20-13-7-8-14-21(20)26-16-19-15-25-19)23(17-9-3-1-4-10-17)18-11-5-2-6-12-18/h1-14,19H,15-16H2. The van der Waals surface area contributed by atoms with Crippen LogP contribution in [0.3, 0.4) is 0 Å². The Labute approximate surface area is 152 Å². The molecule has 0 N–H and O–H groups in total. The highest BCUT2D eigenvalue weighted by Crippen LogP contribution is 2.30. The van der Waals surface area contributed by atoms with Gasteiger partial charge in [0.25, 0.3) is 5.91 Å². The van der Waals surface area contributed by atoms with E-state index in [2.05, 4.69) is 0 Å². The van der Waals surface area contributed by atoms with Gasteiger partial charge in [-0.05, 0) is 36.4 Å². The van der Waals surface area contributed by atoms with Gasteiger partial charge in [-0.3, -0.25) is 9.69 Å². The van der Waals surface area contributed by atoms with Crippen molar-refractivity contribution in [3.8, 4) is 5.75 Å². The van der Waals surface area contributed by atoms with Crippen molar-refractivity contribution in [3.63, 3.8) is 0 Å². The summed E-state index contributed by atoms with van der Waals surface area (Å²) in [5, 5.41) is 0. The van der Waals surface area contributed by atoms with Gasteiger partial charge in [0.1, 0.15) is 18.5 Å². The van der Waals surface area contributed by atoms with Crippen LogP contribution in [0.4, 0.5) is 11.4 Å². The van der Waals surface area contributed by atoms with Crippen LogP contribution in [0.25, 0.3) is 0 Å². The molecule has 130 valence electrons. The lowest BCUT2D eigenvalue weighted by Crippen LogP contribution is -2.26. The lowest BCUT2D eigenvalue weighted by molar-refractivity contribution is 0.0994. The second-order valence-corrected chi connectivity index (χ2v) is 6.07. The molecule has 0 aromatic heterocycles. The minimum Gasteiger partial charge on any atom is -0.490 e. The molecular weight excluding hydrogens is 326 g/mol. The predicted octanol–water partition coefficient (Wildman–Crippen LogP) is 4.44. The summed E-state index contributed by atoms with van der Waals surface area (Å²) in [5.41, 5.74) is 2.15. The molecule has 0 saturated carbocycles. The van der Waals surface area contributed by atoms with Crippen molar-refractivity contribution in [2.75, 3.05) is 18.1 Å². The van der Waals surface area contributed by atoms with E-state index < -0.39 is 0 Å². The van der Waals surface area contributed by atoms with E-state index in [0.29, 0.717) is 17.9 Å². The van der Waals surface area contributed by atoms with Gasteiger partial charge in [0.05, 0.1) is 12.2 Å². The van der Waals surface area contributed by atoms with E-state index in [9.17, 15) is 4.79 Å². The van der Waals surface area contributed by atoms with Crippen LogP contribution in [-0.4, -0.2) is 25.2 Å². The fourth-order valence-corrected chi connectivity index (χ4v) is 2.77. The SMILES string of the molecule is O=C(c1ccccc1OCC1CO1)N(c1ccccc1)c1ccccc1. The molecule has 1 saturated heterocycles. The number of epoxide rings is 1. The summed E-state index contributed by atoms with van der Waals surface area (Å²) >= 11 is 0. The Bertz CT molecular complexity index is 837. The molecule has 1 amide bonds. The Hall–Kier alpha value is -3.11.